The fourth-order valence-corrected chi connectivity index (χ4v) is 27.5. The lowest BCUT2D eigenvalue weighted by molar-refractivity contribution is 0.398. The summed E-state index contributed by atoms with van der Waals surface area (Å²) in [7, 11) is 0. The van der Waals surface area contributed by atoms with Crippen molar-refractivity contribution in [3.8, 4) is 111 Å². The Kier molecular flexibility index (Phi) is 23.5. The number of unbranched alkanes of at least 4 members (excludes halogenated alkanes) is 20. The van der Waals surface area contributed by atoms with Crippen molar-refractivity contribution in [3.63, 3.8) is 0 Å². The van der Waals surface area contributed by atoms with E-state index in [-0.39, 0.29) is 21.7 Å². The summed E-state index contributed by atoms with van der Waals surface area (Å²) in [5.41, 5.74) is 48.8. The van der Waals surface area contributed by atoms with Crippen molar-refractivity contribution in [2.24, 2.45) is 0 Å². The van der Waals surface area contributed by atoms with Gasteiger partial charge < -0.3 is 13.7 Å². The summed E-state index contributed by atoms with van der Waals surface area (Å²) in [6.07, 6.45) is 36.4. The van der Waals surface area contributed by atoms with E-state index in [4.69, 9.17) is 8.83 Å². The Morgan fingerprint density at radius 2 is 0.504 bits per heavy atom. The molecule has 0 amide bonds. The highest BCUT2D eigenvalue weighted by atomic mass is 16.3. The van der Waals surface area contributed by atoms with Gasteiger partial charge in [0.1, 0.15) is 22.3 Å². The first-order valence-corrected chi connectivity index (χ1v) is 54.0. The van der Waals surface area contributed by atoms with Crippen molar-refractivity contribution in [1.29, 1.82) is 0 Å². The standard InChI is InChI=1S/C136H139NO2/c1-13-17-21-25-29-44-74-135(75-45-30-26-22-18-14-2)111-54-40-36-50-97(111)103-68-60-90(80-119(103)135)88-58-66-99-101-70-62-92(82-115(101)131(5,6)113(99)78-88)109-86-122-127(130-125(109)107-52-38-42-56-123(107)139-130)106-73-65-96(85-118(106)134(122,11)12)137(94-48-34-33-35-49-94)95-64-72-105-117(84-95)133(9,10)121-87-110(129-128(126(105)121)108-53-39-43-57-124(108)138-129)93-63-71-102-100-67-59-89(79-114(100)132(7,8)116(102)83-93)91-61-69-104-98-51-37-41-55-112(98)136(120(104)81-91,76-46-31-27-23-19-15-3)77-47-32-28-24-20-16-4/h33-43,48-73,78-87H,13-32,44-47,74-77H2,1-12H3. The summed E-state index contributed by atoms with van der Waals surface area (Å²) in [5.74, 6) is 0. The molecule has 0 fully saturated rings. The molecule has 2 aromatic heterocycles. The van der Waals surface area contributed by atoms with Crippen LogP contribution >= 0.6 is 0 Å². The maximum Gasteiger partial charge on any atom is 0.144 e. The molecule has 0 saturated carbocycles. The molecular formula is C136H139NO2. The first-order valence-electron chi connectivity index (χ1n) is 54.0. The molecule has 0 N–H and O–H groups in total. The van der Waals surface area contributed by atoms with Crippen molar-refractivity contribution in [2.75, 3.05) is 4.90 Å². The number of benzene rings is 15. The Labute approximate surface area is 827 Å². The highest BCUT2D eigenvalue weighted by molar-refractivity contribution is 6.20. The minimum atomic E-state index is -0.415. The monoisotopic (exact) mass is 1820 g/mol. The number of anilines is 3. The number of furan rings is 2. The highest BCUT2D eigenvalue weighted by Gasteiger charge is 2.48. The van der Waals surface area contributed by atoms with Crippen molar-refractivity contribution in [1.82, 2.24) is 0 Å². The van der Waals surface area contributed by atoms with Gasteiger partial charge in [0.2, 0.25) is 0 Å². The lowest BCUT2D eigenvalue weighted by atomic mass is 9.70. The van der Waals surface area contributed by atoms with Gasteiger partial charge >= 0.3 is 0 Å². The average Bonchev–Trinajstić information content (AvgIpc) is 1.53. The third kappa shape index (κ3) is 14.9. The van der Waals surface area contributed by atoms with Gasteiger partial charge in [0.15, 0.2) is 0 Å². The van der Waals surface area contributed by atoms with Crippen LogP contribution in [-0.4, -0.2) is 0 Å². The van der Waals surface area contributed by atoms with E-state index in [2.05, 4.69) is 373 Å². The predicted octanol–water partition coefficient (Wildman–Crippen LogP) is 40.4. The van der Waals surface area contributed by atoms with E-state index in [9.17, 15) is 0 Å². The van der Waals surface area contributed by atoms with Gasteiger partial charge in [-0.05, 0) is 290 Å². The number of para-hydroxylation sites is 3. The number of hydrogen-bond acceptors (Lipinski definition) is 3. The molecular weight excluding hydrogens is 1680 g/mol. The molecule has 17 aromatic rings. The topological polar surface area (TPSA) is 29.5 Å². The van der Waals surface area contributed by atoms with Gasteiger partial charge in [-0.15, -0.1) is 0 Å². The van der Waals surface area contributed by atoms with Crippen LogP contribution in [0.2, 0.25) is 0 Å². The number of hydrogen-bond donors (Lipinski definition) is 0. The van der Waals surface area contributed by atoms with Crippen molar-refractivity contribution in [2.45, 2.75) is 295 Å². The third-order valence-electron chi connectivity index (χ3n) is 35.1. The van der Waals surface area contributed by atoms with Gasteiger partial charge in [-0.25, -0.2) is 0 Å². The smallest absolute Gasteiger partial charge is 0.144 e. The molecule has 3 nitrogen and oxygen atoms in total. The number of rotatable bonds is 35. The molecule has 139 heavy (non-hydrogen) atoms. The van der Waals surface area contributed by atoms with Crippen molar-refractivity contribution < 1.29 is 8.83 Å². The Balaban J connectivity index is 0.561. The largest absolute Gasteiger partial charge is 0.455 e. The summed E-state index contributed by atoms with van der Waals surface area (Å²) in [6.45, 7) is 29.0. The van der Waals surface area contributed by atoms with Gasteiger partial charge in [-0.2, -0.15) is 0 Å². The maximum atomic E-state index is 7.35. The second-order valence-corrected chi connectivity index (χ2v) is 44.8. The van der Waals surface area contributed by atoms with Crippen LogP contribution in [0.4, 0.5) is 17.1 Å². The molecule has 23 rings (SSSR count). The van der Waals surface area contributed by atoms with E-state index in [1.165, 1.54) is 341 Å². The second-order valence-electron chi connectivity index (χ2n) is 44.8. The molecule has 700 valence electrons. The van der Waals surface area contributed by atoms with E-state index >= 15 is 0 Å². The number of nitrogens with zero attached hydrogens (tertiary/aromatic N) is 1. The summed E-state index contributed by atoms with van der Waals surface area (Å²) in [4.78, 5) is 2.51. The number of fused-ring (bicyclic) bond motifs is 26. The Bertz CT molecular complexity index is 7620. The van der Waals surface area contributed by atoms with Gasteiger partial charge in [-0.1, -0.05) is 425 Å². The lowest BCUT2D eigenvalue weighted by Gasteiger charge is -2.33. The minimum Gasteiger partial charge on any atom is -0.455 e. The van der Waals surface area contributed by atoms with Crippen LogP contribution in [0.1, 0.15) is 330 Å². The fourth-order valence-electron chi connectivity index (χ4n) is 27.5. The molecule has 15 aromatic carbocycles. The highest BCUT2D eigenvalue weighted by Crippen LogP contribution is 2.64. The predicted molar refractivity (Wildman–Crippen MR) is 592 cm³/mol. The zero-order valence-corrected chi connectivity index (χ0v) is 84.7. The van der Waals surface area contributed by atoms with Crippen LogP contribution in [0.15, 0.2) is 294 Å². The second kappa shape index (κ2) is 36.1. The van der Waals surface area contributed by atoms with Crippen LogP contribution < -0.4 is 4.90 Å². The normalized spacial score (nSPS) is 15.3. The summed E-state index contributed by atoms with van der Waals surface area (Å²) in [6, 6.07) is 112. The maximum absolute atomic E-state index is 7.35. The first kappa shape index (κ1) is 90.5. The van der Waals surface area contributed by atoms with Crippen LogP contribution in [0.3, 0.4) is 0 Å². The average molecular weight is 1820 g/mol. The SMILES string of the molecule is CCCCCCCCC1(CCCCCCCC)c2ccccc2-c2ccc(-c3ccc4c(c3)C(C)(C)c3cc(-c5cc6c(c7c5oc5ccccc57)-c5ccc(N(c7ccccc7)c7ccc8c(c7)C(C)(C)c7cc(-c9ccc%10c(c9)C(C)(C)c9cc(-c%11ccc%12c(c%11)C(CCCCCCCC)(CCCCCCCC)c%11ccccc%11-%12)ccc9-%10)c9c(oc%10ccccc%109)c7-8)cc5C6(C)C)ccc3-4)cc21. The molecule has 0 saturated heterocycles. The molecule has 3 heteroatoms. The Hall–Kier alpha value is -12.3. The van der Waals surface area contributed by atoms with E-state index in [0.29, 0.717) is 0 Å². The Morgan fingerprint density at radius 1 is 0.201 bits per heavy atom. The summed E-state index contributed by atoms with van der Waals surface area (Å²) >= 11 is 0. The minimum absolute atomic E-state index is 0.0199. The van der Waals surface area contributed by atoms with E-state index < -0.39 is 10.8 Å². The molecule has 0 spiro atoms. The van der Waals surface area contributed by atoms with Crippen molar-refractivity contribution in [3.05, 3.63) is 352 Å². The third-order valence-corrected chi connectivity index (χ3v) is 35.1. The molecule has 0 aliphatic heterocycles. The van der Waals surface area contributed by atoms with E-state index in [0.717, 1.165) is 55.7 Å². The summed E-state index contributed by atoms with van der Waals surface area (Å²) < 4.78 is 14.7. The summed E-state index contributed by atoms with van der Waals surface area (Å²) in [5, 5.41) is 4.65. The lowest BCUT2D eigenvalue weighted by Crippen LogP contribution is -2.25. The van der Waals surface area contributed by atoms with Crippen LogP contribution in [0.5, 0.6) is 0 Å². The van der Waals surface area contributed by atoms with Crippen LogP contribution in [0, 0.1) is 0 Å². The van der Waals surface area contributed by atoms with E-state index in [1.807, 2.05) is 0 Å². The zero-order chi connectivity index (χ0) is 94.9. The van der Waals surface area contributed by atoms with Crippen LogP contribution in [-0.2, 0) is 32.5 Å². The molecule has 6 aliphatic carbocycles. The molecule has 0 radical (unpaired) electrons. The Morgan fingerprint density at radius 3 is 0.942 bits per heavy atom. The van der Waals surface area contributed by atoms with Gasteiger partial charge in [0, 0.05) is 82.2 Å². The zero-order valence-electron chi connectivity index (χ0n) is 84.7. The van der Waals surface area contributed by atoms with E-state index in [1.54, 1.807) is 22.3 Å². The van der Waals surface area contributed by atoms with Crippen molar-refractivity contribution >= 4 is 60.9 Å². The first-order chi connectivity index (χ1) is 67.8. The van der Waals surface area contributed by atoms with Crippen LogP contribution in [0.25, 0.3) is 155 Å². The van der Waals surface area contributed by atoms with Gasteiger partial charge in [0.25, 0.3) is 0 Å². The molecule has 6 aliphatic rings. The molecule has 2 heterocycles. The quantitative estimate of drug-likeness (QED) is 0.0371. The molecule has 0 atom stereocenters. The van der Waals surface area contributed by atoms with Gasteiger partial charge in [-0.3, -0.25) is 0 Å². The molecule has 0 bridgehead atoms. The fraction of sp³-hybridized carbons (Fsp3) is 0.338. The molecule has 0 unspecified atom stereocenters. The van der Waals surface area contributed by atoms with Gasteiger partial charge in [0.05, 0.1) is 0 Å².